The van der Waals surface area contributed by atoms with Gasteiger partial charge in [0.25, 0.3) is 5.91 Å². The average Bonchev–Trinajstić information content (AvgIpc) is 2.48. The van der Waals surface area contributed by atoms with Gasteiger partial charge in [0.1, 0.15) is 0 Å². The number of rotatable bonds is 4. The maximum absolute atomic E-state index is 11.9. The summed E-state index contributed by atoms with van der Waals surface area (Å²) in [6, 6.07) is 14.4. The molecule has 108 valence electrons. The first-order valence-electron chi connectivity index (χ1n) is 6.14. The van der Waals surface area contributed by atoms with Crippen LogP contribution in [-0.2, 0) is 4.79 Å². The number of anilines is 1. The van der Waals surface area contributed by atoms with E-state index < -0.39 is 0 Å². The first kappa shape index (κ1) is 16.0. The molecule has 0 bridgehead atoms. The molecule has 4 nitrogen and oxygen atoms in total. The SMILES string of the molecule is O=C(CNC(=O)c1ccc(Br)cc1)Nc1ccc(I)cc1. The van der Waals surface area contributed by atoms with Crippen LogP contribution in [0.4, 0.5) is 5.69 Å². The molecule has 0 aliphatic heterocycles. The predicted octanol–water partition coefficient (Wildman–Crippen LogP) is 3.42. The molecule has 0 radical (unpaired) electrons. The van der Waals surface area contributed by atoms with Crippen LogP contribution in [0.2, 0.25) is 0 Å². The Morgan fingerprint density at radius 3 is 2.24 bits per heavy atom. The zero-order chi connectivity index (χ0) is 15.2. The zero-order valence-corrected chi connectivity index (χ0v) is 14.6. The van der Waals surface area contributed by atoms with Crippen molar-refractivity contribution in [1.29, 1.82) is 0 Å². The molecule has 2 aromatic rings. The summed E-state index contributed by atoms with van der Waals surface area (Å²) in [7, 11) is 0. The summed E-state index contributed by atoms with van der Waals surface area (Å²) in [4.78, 5) is 23.6. The minimum absolute atomic E-state index is 0.0686. The van der Waals surface area contributed by atoms with Crippen molar-refractivity contribution < 1.29 is 9.59 Å². The summed E-state index contributed by atoms with van der Waals surface area (Å²) in [5.41, 5.74) is 1.22. The van der Waals surface area contributed by atoms with Crippen molar-refractivity contribution in [3.8, 4) is 0 Å². The molecule has 0 saturated carbocycles. The molecule has 21 heavy (non-hydrogen) atoms. The van der Waals surface area contributed by atoms with Gasteiger partial charge in [-0.15, -0.1) is 0 Å². The van der Waals surface area contributed by atoms with E-state index in [1.54, 1.807) is 24.3 Å². The van der Waals surface area contributed by atoms with Crippen LogP contribution < -0.4 is 10.6 Å². The minimum Gasteiger partial charge on any atom is -0.343 e. The Hall–Kier alpha value is -1.41. The first-order valence-corrected chi connectivity index (χ1v) is 8.01. The Labute approximate surface area is 144 Å². The van der Waals surface area contributed by atoms with E-state index in [-0.39, 0.29) is 18.4 Å². The van der Waals surface area contributed by atoms with Crippen molar-refractivity contribution >= 4 is 56.0 Å². The van der Waals surface area contributed by atoms with Crippen LogP contribution in [0.3, 0.4) is 0 Å². The third-order valence-electron chi connectivity index (χ3n) is 2.64. The zero-order valence-electron chi connectivity index (χ0n) is 10.9. The second-order valence-electron chi connectivity index (χ2n) is 4.24. The molecule has 0 unspecified atom stereocenters. The van der Waals surface area contributed by atoms with Gasteiger partial charge in [0.2, 0.25) is 5.91 Å². The molecule has 0 atom stereocenters. The van der Waals surface area contributed by atoms with Gasteiger partial charge in [-0.3, -0.25) is 9.59 Å². The number of benzene rings is 2. The summed E-state index contributed by atoms with van der Waals surface area (Å²) < 4.78 is 1.99. The van der Waals surface area contributed by atoms with Gasteiger partial charge in [0.15, 0.2) is 0 Å². The highest BCUT2D eigenvalue weighted by Crippen LogP contribution is 2.11. The van der Waals surface area contributed by atoms with Gasteiger partial charge in [-0.25, -0.2) is 0 Å². The van der Waals surface area contributed by atoms with E-state index in [1.807, 2.05) is 24.3 Å². The molecular formula is C15H12BrIN2O2. The average molecular weight is 459 g/mol. The summed E-state index contributed by atoms with van der Waals surface area (Å²) in [5, 5.41) is 5.30. The van der Waals surface area contributed by atoms with Crippen molar-refractivity contribution in [2.45, 2.75) is 0 Å². The van der Waals surface area contributed by atoms with Gasteiger partial charge in [0, 0.05) is 19.3 Å². The lowest BCUT2D eigenvalue weighted by Crippen LogP contribution is -2.32. The molecule has 2 amide bonds. The van der Waals surface area contributed by atoms with Crippen molar-refractivity contribution in [1.82, 2.24) is 5.32 Å². The Morgan fingerprint density at radius 2 is 1.62 bits per heavy atom. The largest absolute Gasteiger partial charge is 0.343 e. The highest BCUT2D eigenvalue weighted by Gasteiger charge is 2.08. The van der Waals surface area contributed by atoms with Crippen LogP contribution in [-0.4, -0.2) is 18.4 Å². The molecule has 0 fully saturated rings. The fourth-order valence-electron chi connectivity index (χ4n) is 1.60. The van der Waals surface area contributed by atoms with Gasteiger partial charge in [0.05, 0.1) is 6.54 Å². The Balaban J connectivity index is 1.84. The van der Waals surface area contributed by atoms with E-state index >= 15 is 0 Å². The number of nitrogens with one attached hydrogen (secondary N) is 2. The lowest BCUT2D eigenvalue weighted by molar-refractivity contribution is -0.115. The van der Waals surface area contributed by atoms with Gasteiger partial charge in [-0.05, 0) is 71.1 Å². The lowest BCUT2D eigenvalue weighted by atomic mass is 10.2. The Kier molecular flexibility index (Phi) is 5.75. The quantitative estimate of drug-likeness (QED) is 0.689. The van der Waals surface area contributed by atoms with Crippen LogP contribution in [0.1, 0.15) is 10.4 Å². The molecule has 6 heteroatoms. The Bertz CT molecular complexity index is 642. The van der Waals surface area contributed by atoms with Crippen LogP contribution in [0.25, 0.3) is 0 Å². The van der Waals surface area contributed by atoms with E-state index in [2.05, 4.69) is 49.2 Å². The van der Waals surface area contributed by atoms with E-state index in [4.69, 9.17) is 0 Å². The maximum Gasteiger partial charge on any atom is 0.251 e. The van der Waals surface area contributed by atoms with Crippen LogP contribution >= 0.6 is 38.5 Å². The summed E-state index contributed by atoms with van der Waals surface area (Å²) in [5.74, 6) is -0.540. The number of halogens is 2. The molecule has 0 aromatic heterocycles. The number of hydrogen-bond donors (Lipinski definition) is 2. The van der Waals surface area contributed by atoms with Crippen LogP contribution in [0.15, 0.2) is 53.0 Å². The summed E-state index contributed by atoms with van der Waals surface area (Å²) >= 11 is 5.49. The highest BCUT2D eigenvalue weighted by molar-refractivity contribution is 14.1. The molecule has 0 aliphatic rings. The second-order valence-corrected chi connectivity index (χ2v) is 6.41. The Morgan fingerprint density at radius 1 is 1.00 bits per heavy atom. The maximum atomic E-state index is 11.9. The van der Waals surface area contributed by atoms with Gasteiger partial charge in [-0.1, -0.05) is 15.9 Å². The fraction of sp³-hybridized carbons (Fsp3) is 0.0667. The molecule has 0 aliphatic carbocycles. The summed E-state index contributed by atoms with van der Waals surface area (Å²) in [6.07, 6.45) is 0. The normalized spacial score (nSPS) is 10.0. The molecule has 2 N–H and O–H groups in total. The van der Waals surface area contributed by atoms with E-state index in [9.17, 15) is 9.59 Å². The monoisotopic (exact) mass is 458 g/mol. The van der Waals surface area contributed by atoms with E-state index in [0.29, 0.717) is 11.3 Å². The third-order valence-corrected chi connectivity index (χ3v) is 3.89. The number of hydrogen-bond acceptors (Lipinski definition) is 2. The highest BCUT2D eigenvalue weighted by atomic mass is 127. The van der Waals surface area contributed by atoms with Gasteiger partial charge < -0.3 is 10.6 Å². The number of carbonyl (C=O) groups is 2. The smallest absolute Gasteiger partial charge is 0.251 e. The molecule has 0 spiro atoms. The molecule has 2 aromatic carbocycles. The minimum atomic E-state index is -0.278. The summed E-state index contributed by atoms with van der Waals surface area (Å²) in [6.45, 7) is -0.0686. The van der Waals surface area contributed by atoms with Crippen molar-refractivity contribution in [3.63, 3.8) is 0 Å². The molecule has 2 rings (SSSR count). The second kappa shape index (κ2) is 7.56. The first-order chi connectivity index (χ1) is 10.0. The molecule has 0 heterocycles. The third kappa shape index (κ3) is 5.13. The van der Waals surface area contributed by atoms with E-state index in [0.717, 1.165) is 8.04 Å². The van der Waals surface area contributed by atoms with E-state index in [1.165, 1.54) is 0 Å². The fourth-order valence-corrected chi connectivity index (χ4v) is 2.23. The van der Waals surface area contributed by atoms with Gasteiger partial charge in [-0.2, -0.15) is 0 Å². The van der Waals surface area contributed by atoms with Crippen LogP contribution in [0.5, 0.6) is 0 Å². The van der Waals surface area contributed by atoms with Gasteiger partial charge >= 0.3 is 0 Å². The molecule has 0 saturated heterocycles. The van der Waals surface area contributed by atoms with Crippen molar-refractivity contribution in [2.75, 3.05) is 11.9 Å². The standard InChI is InChI=1S/C15H12BrIN2O2/c16-11-3-1-10(2-4-11)15(21)18-9-14(20)19-13-7-5-12(17)6-8-13/h1-8H,9H2,(H,18,21)(H,19,20). The number of amides is 2. The van der Waals surface area contributed by atoms with Crippen LogP contribution in [0, 0.1) is 3.57 Å². The van der Waals surface area contributed by atoms with Crippen molar-refractivity contribution in [2.24, 2.45) is 0 Å². The van der Waals surface area contributed by atoms with Crippen molar-refractivity contribution in [3.05, 3.63) is 62.1 Å². The molecular weight excluding hydrogens is 447 g/mol. The topological polar surface area (TPSA) is 58.2 Å². The number of carbonyl (C=O) groups excluding carboxylic acids is 2. The lowest BCUT2D eigenvalue weighted by Gasteiger charge is -2.07. The predicted molar refractivity (Wildman–Crippen MR) is 94.3 cm³/mol.